The van der Waals surface area contributed by atoms with Crippen molar-refractivity contribution >= 4 is 23.2 Å². The van der Waals surface area contributed by atoms with E-state index in [9.17, 15) is 9.59 Å². The van der Waals surface area contributed by atoms with Gasteiger partial charge in [0.2, 0.25) is 5.91 Å². The molecule has 2 saturated heterocycles. The molecule has 25 heavy (non-hydrogen) atoms. The number of carbonyl (C=O) groups is 2. The van der Waals surface area contributed by atoms with Crippen LogP contribution in [0, 0.1) is 12.3 Å². The molecule has 138 valence electrons. The summed E-state index contributed by atoms with van der Waals surface area (Å²) in [4.78, 5) is 30.9. The van der Waals surface area contributed by atoms with Gasteiger partial charge in [0.15, 0.2) is 0 Å². The van der Waals surface area contributed by atoms with Crippen molar-refractivity contribution in [1.82, 2.24) is 9.80 Å². The molecule has 0 N–H and O–H groups in total. The Morgan fingerprint density at radius 3 is 2.56 bits per heavy atom. The van der Waals surface area contributed by atoms with E-state index in [1.54, 1.807) is 18.4 Å². The number of rotatable bonds is 4. The van der Waals surface area contributed by atoms with E-state index >= 15 is 0 Å². The van der Waals surface area contributed by atoms with Gasteiger partial charge in [-0.25, -0.2) is 0 Å². The number of hydrogen-bond acceptors (Lipinski definition) is 4. The average molecular weight is 365 g/mol. The Bertz CT molecular complexity index is 620. The summed E-state index contributed by atoms with van der Waals surface area (Å²) in [7, 11) is 1.67. The Morgan fingerprint density at radius 1 is 1.20 bits per heavy atom. The highest BCUT2D eigenvalue weighted by Gasteiger charge is 2.39. The van der Waals surface area contributed by atoms with Crippen LogP contribution in [0.5, 0.6) is 0 Å². The zero-order chi connectivity index (χ0) is 17.9. The van der Waals surface area contributed by atoms with E-state index in [2.05, 4.69) is 0 Å². The Kier molecular flexibility index (Phi) is 5.79. The maximum absolute atomic E-state index is 12.6. The number of thiophene rings is 1. The highest BCUT2D eigenvalue weighted by atomic mass is 32.1. The quantitative estimate of drug-likeness (QED) is 0.825. The summed E-state index contributed by atoms with van der Waals surface area (Å²) >= 11 is 1.57. The van der Waals surface area contributed by atoms with Crippen LogP contribution < -0.4 is 0 Å². The van der Waals surface area contributed by atoms with Gasteiger partial charge in [0.1, 0.15) is 0 Å². The minimum absolute atomic E-state index is 0.166. The molecule has 2 amide bonds. The third kappa shape index (κ3) is 4.23. The van der Waals surface area contributed by atoms with Crippen molar-refractivity contribution in [1.29, 1.82) is 0 Å². The Hall–Kier alpha value is -1.40. The zero-order valence-corrected chi connectivity index (χ0v) is 16.1. The minimum Gasteiger partial charge on any atom is -0.383 e. The fourth-order valence-corrected chi connectivity index (χ4v) is 4.81. The summed E-state index contributed by atoms with van der Waals surface area (Å²) < 4.78 is 5.12. The standard InChI is InChI=1S/C19H28N2O3S/c1-15-3-4-16(25-15)18(23)21-11-8-19(9-12-21)6-5-17(22)20(10-7-19)13-14-24-2/h3-4H,5-14H2,1-2H3. The predicted molar refractivity (Wildman–Crippen MR) is 98.9 cm³/mol. The summed E-state index contributed by atoms with van der Waals surface area (Å²) in [6.45, 7) is 5.75. The van der Waals surface area contributed by atoms with Crippen LogP contribution in [0.15, 0.2) is 12.1 Å². The van der Waals surface area contributed by atoms with Crippen LogP contribution in [-0.4, -0.2) is 61.5 Å². The Morgan fingerprint density at radius 2 is 1.92 bits per heavy atom. The van der Waals surface area contributed by atoms with E-state index in [4.69, 9.17) is 4.74 Å². The van der Waals surface area contributed by atoms with E-state index in [0.29, 0.717) is 19.6 Å². The Balaban J connectivity index is 1.57. The number of aryl methyl sites for hydroxylation is 1. The summed E-state index contributed by atoms with van der Waals surface area (Å²) in [6.07, 6.45) is 4.64. The molecule has 0 aliphatic carbocycles. The number of ether oxygens (including phenoxy) is 1. The first-order valence-corrected chi connectivity index (χ1v) is 9.97. The van der Waals surface area contributed by atoms with Crippen LogP contribution in [0.2, 0.25) is 0 Å². The maximum atomic E-state index is 12.6. The van der Waals surface area contributed by atoms with Gasteiger partial charge in [0.25, 0.3) is 5.91 Å². The molecule has 3 rings (SSSR count). The van der Waals surface area contributed by atoms with E-state index < -0.39 is 0 Å². The molecule has 2 fully saturated rings. The SMILES string of the molecule is COCCN1CCC2(CCC1=O)CCN(C(=O)c1ccc(C)s1)CC2. The number of piperidine rings is 1. The first-order chi connectivity index (χ1) is 12.0. The molecule has 2 aliphatic heterocycles. The van der Waals surface area contributed by atoms with Crippen molar-refractivity contribution in [3.05, 3.63) is 21.9 Å². The molecule has 3 heterocycles. The second-order valence-electron chi connectivity index (χ2n) is 7.33. The molecule has 5 nitrogen and oxygen atoms in total. The average Bonchev–Trinajstić information content (AvgIpc) is 3.00. The summed E-state index contributed by atoms with van der Waals surface area (Å²) in [5.41, 5.74) is 0.222. The molecule has 0 saturated carbocycles. The van der Waals surface area contributed by atoms with Crippen molar-refractivity contribution < 1.29 is 14.3 Å². The molecular formula is C19H28N2O3S. The monoisotopic (exact) mass is 364 g/mol. The van der Waals surface area contributed by atoms with Gasteiger partial charge in [0.05, 0.1) is 11.5 Å². The molecule has 1 aromatic rings. The van der Waals surface area contributed by atoms with Gasteiger partial charge in [-0.15, -0.1) is 11.3 Å². The van der Waals surface area contributed by atoms with Gasteiger partial charge in [-0.3, -0.25) is 9.59 Å². The topological polar surface area (TPSA) is 49.9 Å². The molecule has 0 aromatic carbocycles. The van der Waals surface area contributed by atoms with Crippen molar-refractivity contribution in [3.63, 3.8) is 0 Å². The van der Waals surface area contributed by atoms with Crippen molar-refractivity contribution in [2.45, 2.75) is 39.0 Å². The highest BCUT2D eigenvalue weighted by molar-refractivity contribution is 7.13. The van der Waals surface area contributed by atoms with Gasteiger partial charge in [0, 0.05) is 44.6 Å². The van der Waals surface area contributed by atoms with Crippen molar-refractivity contribution in [3.8, 4) is 0 Å². The van der Waals surface area contributed by atoms with Crippen molar-refractivity contribution in [2.75, 3.05) is 39.9 Å². The largest absolute Gasteiger partial charge is 0.383 e. The van der Waals surface area contributed by atoms with Crippen LogP contribution in [-0.2, 0) is 9.53 Å². The molecule has 0 atom stereocenters. The van der Waals surface area contributed by atoms with Gasteiger partial charge in [-0.2, -0.15) is 0 Å². The second kappa shape index (κ2) is 7.87. The lowest BCUT2D eigenvalue weighted by Crippen LogP contribution is -2.43. The molecule has 0 bridgehead atoms. The number of nitrogens with zero attached hydrogens (tertiary/aromatic N) is 2. The highest BCUT2D eigenvalue weighted by Crippen LogP contribution is 2.41. The zero-order valence-electron chi connectivity index (χ0n) is 15.3. The maximum Gasteiger partial charge on any atom is 0.263 e. The normalized spacial score (nSPS) is 20.8. The first-order valence-electron chi connectivity index (χ1n) is 9.15. The molecule has 1 aromatic heterocycles. The molecular weight excluding hydrogens is 336 g/mol. The lowest BCUT2D eigenvalue weighted by atomic mass is 9.73. The number of amides is 2. The van der Waals surface area contributed by atoms with Crippen LogP contribution in [0.1, 0.15) is 46.7 Å². The predicted octanol–water partition coefficient (Wildman–Crippen LogP) is 2.94. The number of carbonyl (C=O) groups excluding carboxylic acids is 2. The summed E-state index contributed by atoms with van der Waals surface area (Å²) in [5, 5.41) is 0. The molecule has 6 heteroatoms. The number of hydrogen-bond donors (Lipinski definition) is 0. The molecule has 0 radical (unpaired) electrons. The second-order valence-corrected chi connectivity index (χ2v) is 8.61. The van der Waals surface area contributed by atoms with Crippen molar-refractivity contribution in [2.24, 2.45) is 5.41 Å². The fraction of sp³-hybridized carbons (Fsp3) is 0.684. The van der Waals surface area contributed by atoms with Crippen LogP contribution >= 0.6 is 11.3 Å². The molecule has 1 spiro atoms. The summed E-state index contributed by atoms with van der Waals surface area (Å²) in [6, 6.07) is 3.94. The van der Waals surface area contributed by atoms with E-state index in [-0.39, 0.29) is 17.2 Å². The fourth-order valence-electron chi connectivity index (χ4n) is 3.98. The minimum atomic E-state index is 0.166. The van der Waals surface area contributed by atoms with Gasteiger partial charge in [-0.05, 0) is 50.2 Å². The van der Waals surface area contributed by atoms with Gasteiger partial charge >= 0.3 is 0 Å². The molecule has 0 unspecified atom stereocenters. The van der Waals surface area contributed by atoms with E-state index in [1.807, 2.05) is 28.9 Å². The Labute approximate surface area is 153 Å². The van der Waals surface area contributed by atoms with Gasteiger partial charge < -0.3 is 14.5 Å². The third-order valence-electron chi connectivity index (χ3n) is 5.76. The summed E-state index contributed by atoms with van der Waals surface area (Å²) in [5.74, 6) is 0.417. The lowest BCUT2D eigenvalue weighted by molar-refractivity contribution is -0.131. The molecule has 2 aliphatic rings. The lowest BCUT2D eigenvalue weighted by Gasteiger charge is -2.41. The first kappa shape index (κ1) is 18.4. The number of methoxy groups -OCH3 is 1. The van der Waals surface area contributed by atoms with Gasteiger partial charge in [-0.1, -0.05) is 0 Å². The van der Waals surface area contributed by atoms with Crippen LogP contribution in [0.4, 0.5) is 0 Å². The van der Waals surface area contributed by atoms with E-state index in [1.165, 1.54) is 4.88 Å². The van der Waals surface area contributed by atoms with Crippen LogP contribution in [0.3, 0.4) is 0 Å². The van der Waals surface area contributed by atoms with Crippen LogP contribution in [0.25, 0.3) is 0 Å². The third-order valence-corrected chi connectivity index (χ3v) is 6.75. The van der Waals surface area contributed by atoms with E-state index in [0.717, 1.165) is 50.2 Å². The number of likely N-dealkylation sites (tertiary alicyclic amines) is 2. The smallest absolute Gasteiger partial charge is 0.263 e.